The molecule has 0 unspecified atom stereocenters. The molecule has 0 saturated carbocycles. The molecule has 2 aromatic rings. The summed E-state index contributed by atoms with van der Waals surface area (Å²) in [6, 6.07) is 12.2. The second kappa shape index (κ2) is 9.50. The molecule has 2 aromatic carbocycles. The summed E-state index contributed by atoms with van der Waals surface area (Å²) in [5, 5.41) is 0.285. The zero-order valence-electron chi connectivity index (χ0n) is 14.5. The maximum Gasteiger partial charge on any atom is 0.307 e. The van der Waals surface area contributed by atoms with Crippen molar-refractivity contribution < 1.29 is 27.5 Å². The predicted molar refractivity (Wildman–Crippen MR) is 99.5 cm³/mol. The summed E-state index contributed by atoms with van der Waals surface area (Å²) >= 11 is 5.77. The van der Waals surface area contributed by atoms with E-state index in [1.807, 2.05) is 0 Å². The first-order valence-electron chi connectivity index (χ1n) is 7.90. The van der Waals surface area contributed by atoms with Crippen molar-refractivity contribution >= 4 is 33.4 Å². The topological polar surface area (TPSA) is 98.8 Å². The van der Waals surface area contributed by atoms with Crippen molar-refractivity contribution in [3.8, 4) is 5.75 Å². The van der Waals surface area contributed by atoms with E-state index >= 15 is 0 Å². The van der Waals surface area contributed by atoms with Gasteiger partial charge in [0.25, 0.3) is 0 Å². The molecule has 0 bridgehead atoms. The quantitative estimate of drug-likeness (QED) is 0.502. The van der Waals surface area contributed by atoms with E-state index in [2.05, 4.69) is 4.72 Å². The van der Waals surface area contributed by atoms with E-state index in [4.69, 9.17) is 21.1 Å². The average Bonchev–Trinajstić information content (AvgIpc) is 2.66. The molecule has 0 saturated heterocycles. The Morgan fingerprint density at radius 3 is 2.56 bits per heavy atom. The molecular formula is C18H18ClNO6S. The maximum absolute atomic E-state index is 12.1. The second-order valence-electron chi connectivity index (χ2n) is 5.42. The Labute approximate surface area is 162 Å². The number of ketones is 1. The lowest BCUT2D eigenvalue weighted by Gasteiger charge is -2.08. The summed E-state index contributed by atoms with van der Waals surface area (Å²) in [4.78, 5) is 23.7. The third kappa shape index (κ3) is 6.35. The zero-order chi connectivity index (χ0) is 19.9. The molecule has 0 fully saturated rings. The molecule has 144 valence electrons. The lowest BCUT2D eigenvalue weighted by Crippen LogP contribution is -2.27. The van der Waals surface area contributed by atoms with Gasteiger partial charge in [-0.25, -0.2) is 13.1 Å². The van der Waals surface area contributed by atoms with Crippen molar-refractivity contribution in [1.82, 2.24) is 4.72 Å². The highest BCUT2D eigenvalue weighted by molar-refractivity contribution is 7.89. The minimum atomic E-state index is -3.78. The molecule has 7 nitrogen and oxygen atoms in total. The van der Waals surface area contributed by atoms with Gasteiger partial charge in [0.15, 0.2) is 12.4 Å². The van der Waals surface area contributed by atoms with E-state index in [1.165, 1.54) is 31.4 Å². The second-order valence-corrected chi connectivity index (χ2v) is 7.62. The van der Waals surface area contributed by atoms with E-state index in [1.54, 1.807) is 24.3 Å². The molecular weight excluding hydrogens is 394 g/mol. The Hall–Kier alpha value is -2.42. The molecule has 0 amide bonds. The molecule has 0 aliphatic carbocycles. The summed E-state index contributed by atoms with van der Waals surface area (Å²) in [6.45, 7) is -0.603. The Morgan fingerprint density at radius 2 is 1.85 bits per heavy atom. The molecule has 0 aromatic heterocycles. The van der Waals surface area contributed by atoms with Crippen LogP contribution in [0.3, 0.4) is 0 Å². The number of Topliss-reactive ketones (excluding diaryl/α,β-unsaturated/α-hetero) is 1. The molecule has 0 atom stereocenters. The van der Waals surface area contributed by atoms with Gasteiger partial charge in [-0.15, -0.1) is 0 Å². The number of carbonyl (C=O) groups excluding carboxylic acids is 2. The fourth-order valence-corrected chi connectivity index (χ4v) is 3.44. The lowest BCUT2D eigenvalue weighted by atomic mass is 10.1. The van der Waals surface area contributed by atoms with Gasteiger partial charge in [0.05, 0.1) is 18.4 Å². The first-order valence-corrected chi connectivity index (χ1v) is 9.76. The van der Waals surface area contributed by atoms with Gasteiger partial charge in [-0.1, -0.05) is 29.8 Å². The number of esters is 1. The largest absolute Gasteiger partial charge is 0.497 e. The van der Waals surface area contributed by atoms with Crippen LogP contribution in [0.15, 0.2) is 53.4 Å². The van der Waals surface area contributed by atoms with Gasteiger partial charge in [-0.3, -0.25) is 9.59 Å². The van der Waals surface area contributed by atoms with E-state index in [0.717, 1.165) is 0 Å². The summed E-state index contributed by atoms with van der Waals surface area (Å²) in [5.41, 5.74) is 0.351. The number of halogens is 1. The third-order valence-corrected chi connectivity index (χ3v) is 5.18. The maximum atomic E-state index is 12.1. The molecule has 9 heteroatoms. The van der Waals surface area contributed by atoms with E-state index in [0.29, 0.717) is 11.3 Å². The molecule has 0 spiro atoms. The lowest BCUT2D eigenvalue weighted by molar-refractivity contribution is -0.142. The summed E-state index contributed by atoms with van der Waals surface area (Å²) in [5.74, 6) is -0.565. The zero-order valence-corrected chi connectivity index (χ0v) is 16.0. The predicted octanol–water partition coefficient (Wildman–Crippen LogP) is 2.44. The van der Waals surface area contributed by atoms with Gasteiger partial charge in [0.2, 0.25) is 10.0 Å². The number of benzene rings is 2. The van der Waals surface area contributed by atoms with Crippen LogP contribution in [0.2, 0.25) is 5.02 Å². The van der Waals surface area contributed by atoms with Crippen LogP contribution in [0.1, 0.15) is 16.8 Å². The van der Waals surface area contributed by atoms with Crippen LogP contribution >= 0.6 is 11.6 Å². The number of nitrogens with one attached hydrogen (secondary N) is 1. The number of carbonyl (C=O) groups is 2. The Kier molecular flexibility index (Phi) is 7.35. The summed E-state index contributed by atoms with van der Waals surface area (Å²) in [6.07, 6.45) is -0.217. The van der Waals surface area contributed by atoms with Crippen LogP contribution in [0, 0.1) is 0 Å². The Balaban J connectivity index is 1.80. The van der Waals surface area contributed by atoms with Crippen LogP contribution in [0.4, 0.5) is 0 Å². The SMILES string of the molecule is COc1cccc(C(=O)COC(=O)CCNS(=O)(=O)c2cccc(Cl)c2)c1. The van der Waals surface area contributed by atoms with E-state index in [-0.39, 0.29) is 28.7 Å². The fraction of sp³-hybridized carbons (Fsp3) is 0.222. The van der Waals surface area contributed by atoms with Crippen molar-refractivity contribution in [1.29, 1.82) is 0 Å². The molecule has 0 aliphatic rings. The van der Waals surface area contributed by atoms with Crippen molar-refractivity contribution in [2.24, 2.45) is 0 Å². The minimum absolute atomic E-state index is 0.00318. The van der Waals surface area contributed by atoms with Gasteiger partial charge in [-0.05, 0) is 30.3 Å². The molecule has 1 N–H and O–H groups in total. The highest BCUT2D eigenvalue weighted by Crippen LogP contribution is 2.15. The minimum Gasteiger partial charge on any atom is -0.497 e. The van der Waals surface area contributed by atoms with Crippen molar-refractivity contribution in [3.05, 3.63) is 59.1 Å². The summed E-state index contributed by atoms with van der Waals surface area (Å²) < 4.78 is 36.4. The number of hydrogen-bond donors (Lipinski definition) is 1. The van der Waals surface area contributed by atoms with Crippen molar-refractivity contribution in [2.75, 3.05) is 20.3 Å². The van der Waals surface area contributed by atoms with E-state index in [9.17, 15) is 18.0 Å². The number of ether oxygens (including phenoxy) is 2. The van der Waals surface area contributed by atoms with Gasteiger partial charge in [0.1, 0.15) is 5.75 Å². The van der Waals surface area contributed by atoms with Gasteiger partial charge in [0, 0.05) is 17.1 Å². The van der Waals surface area contributed by atoms with Gasteiger partial charge >= 0.3 is 5.97 Å². The standard InChI is InChI=1S/C18H18ClNO6S/c1-25-15-6-2-4-13(10-15)17(21)12-26-18(22)8-9-20-27(23,24)16-7-3-5-14(19)11-16/h2-7,10-11,20H,8-9,12H2,1H3. The van der Waals surface area contributed by atoms with E-state index < -0.39 is 22.6 Å². The average molecular weight is 412 g/mol. The molecule has 0 heterocycles. The van der Waals surface area contributed by atoms with Crippen LogP contribution in [-0.4, -0.2) is 40.4 Å². The Morgan fingerprint density at radius 1 is 1.11 bits per heavy atom. The van der Waals surface area contributed by atoms with Crippen molar-refractivity contribution in [3.63, 3.8) is 0 Å². The molecule has 0 radical (unpaired) electrons. The van der Waals surface area contributed by atoms with Crippen LogP contribution in [0.25, 0.3) is 0 Å². The highest BCUT2D eigenvalue weighted by Gasteiger charge is 2.15. The number of hydrogen-bond acceptors (Lipinski definition) is 6. The highest BCUT2D eigenvalue weighted by atomic mass is 35.5. The molecule has 2 rings (SSSR count). The van der Waals surface area contributed by atoms with Crippen molar-refractivity contribution in [2.45, 2.75) is 11.3 Å². The first-order chi connectivity index (χ1) is 12.8. The smallest absolute Gasteiger partial charge is 0.307 e. The Bertz CT molecular complexity index is 929. The first kappa shape index (κ1) is 20.9. The van der Waals surface area contributed by atoms with Gasteiger partial charge < -0.3 is 9.47 Å². The van der Waals surface area contributed by atoms with Gasteiger partial charge in [-0.2, -0.15) is 0 Å². The third-order valence-electron chi connectivity index (χ3n) is 3.48. The van der Waals surface area contributed by atoms with Crippen LogP contribution in [0.5, 0.6) is 5.75 Å². The molecule has 0 aliphatic heterocycles. The summed E-state index contributed by atoms with van der Waals surface area (Å²) in [7, 11) is -2.30. The van der Waals surface area contributed by atoms with Crippen LogP contribution in [-0.2, 0) is 19.6 Å². The number of methoxy groups -OCH3 is 1. The normalized spacial score (nSPS) is 11.0. The monoisotopic (exact) mass is 411 g/mol. The molecule has 27 heavy (non-hydrogen) atoms. The number of rotatable bonds is 9. The number of sulfonamides is 1. The van der Waals surface area contributed by atoms with Crippen LogP contribution < -0.4 is 9.46 Å². The fourth-order valence-electron chi connectivity index (χ4n) is 2.10.